The molecule has 0 spiro atoms. The molecule has 6 rings (SSSR count). The van der Waals surface area contributed by atoms with E-state index in [-0.39, 0.29) is 29.8 Å². The molecule has 192 valence electrons. The Balaban J connectivity index is 1.43. The minimum absolute atomic E-state index is 0.00356. The predicted octanol–water partition coefficient (Wildman–Crippen LogP) is 5.69. The van der Waals surface area contributed by atoms with Gasteiger partial charge in [-0.25, -0.2) is 8.78 Å². The zero-order valence-corrected chi connectivity index (χ0v) is 20.5. The summed E-state index contributed by atoms with van der Waals surface area (Å²) < 4.78 is 38.9. The van der Waals surface area contributed by atoms with E-state index in [0.29, 0.717) is 47.2 Å². The summed E-state index contributed by atoms with van der Waals surface area (Å²) >= 11 is 0. The molecule has 3 aliphatic rings. The summed E-state index contributed by atoms with van der Waals surface area (Å²) in [5, 5.41) is 5.88. The molecule has 2 atom stereocenters. The SMILES string of the molecule is CC1=C(C(=O)Nc2ccc(F)cc2F)[C@@H](c2ccc3c(c2)OCO3)C2=C(C[C@@H](c3ccccc3)CC2=O)N1. The second-order valence-corrected chi connectivity index (χ2v) is 9.62. The molecular formula is C30H24F2N2O4. The van der Waals surface area contributed by atoms with Crippen molar-refractivity contribution in [2.75, 3.05) is 12.1 Å². The van der Waals surface area contributed by atoms with Crippen LogP contribution in [0, 0.1) is 11.6 Å². The maximum Gasteiger partial charge on any atom is 0.254 e. The van der Waals surface area contributed by atoms with Gasteiger partial charge in [-0.15, -0.1) is 0 Å². The number of ketones is 1. The first-order valence-corrected chi connectivity index (χ1v) is 12.3. The van der Waals surface area contributed by atoms with Crippen molar-refractivity contribution >= 4 is 17.4 Å². The Hall–Kier alpha value is -4.46. The number of anilines is 1. The molecule has 0 unspecified atom stereocenters. The molecule has 3 aromatic rings. The predicted molar refractivity (Wildman–Crippen MR) is 137 cm³/mol. The monoisotopic (exact) mass is 514 g/mol. The first kappa shape index (κ1) is 23.9. The molecule has 0 saturated heterocycles. The smallest absolute Gasteiger partial charge is 0.254 e. The van der Waals surface area contributed by atoms with Gasteiger partial charge in [-0.05, 0) is 54.7 Å². The molecule has 0 bridgehead atoms. The Kier molecular flexibility index (Phi) is 5.94. The Morgan fingerprint density at radius 2 is 1.74 bits per heavy atom. The van der Waals surface area contributed by atoms with Gasteiger partial charge in [0.1, 0.15) is 11.6 Å². The fraction of sp³-hybridized carbons (Fsp3) is 0.200. The largest absolute Gasteiger partial charge is 0.454 e. The molecular weight excluding hydrogens is 490 g/mol. The molecule has 2 aliphatic heterocycles. The number of hydrogen-bond acceptors (Lipinski definition) is 5. The summed E-state index contributed by atoms with van der Waals surface area (Å²) in [7, 11) is 0. The fourth-order valence-corrected chi connectivity index (χ4v) is 5.51. The molecule has 0 radical (unpaired) electrons. The molecule has 0 saturated carbocycles. The third-order valence-electron chi connectivity index (χ3n) is 7.25. The normalized spacial score (nSPS) is 20.2. The van der Waals surface area contributed by atoms with Crippen LogP contribution < -0.4 is 20.1 Å². The van der Waals surface area contributed by atoms with Crippen LogP contribution in [0.3, 0.4) is 0 Å². The number of halogens is 2. The fourth-order valence-electron chi connectivity index (χ4n) is 5.51. The molecule has 1 amide bonds. The lowest BCUT2D eigenvalue weighted by atomic mass is 9.71. The van der Waals surface area contributed by atoms with Gasteiger partial charge in [-0.2, -0.15) is 0 Å². The van der Waals surface area contributed by atoms with Crippen LogP contribution in [-0.2, 0) is 9.59 Å². The van der Waals surface area contributed by atoms with Gasteiger partial charge in [0.2, 0.25) is 6.79 Å². The number of amides is 1. The van der Waals surface area contributed by atoms with Gasteiger partial charge < -0.3 is 20.1 Å². The van der Waals surface area contributed by atoms with Gasteiger partial charge in [-0.3, -0.25) is 9.59 Å². The summed E-state index contributed by atoms with van der Waals surface area (Å²) in [6.07, 6.45) is 0.900. The lowest BCUT2D eigenvalue weighted by molar-refractivity contribution is -0.116. The number of ether oxygens (including phenoxy) is 2. The highest BCUT2D eigenvalue weighted by Crippen LogP contribution is 2.47. The third-order valence-corrected chi connectivity index (χ3v) is 7.25. The van der Waals surface area contributed by atoms with Crippen molar-refractivity contribution in [2.45, 2.75) is 31.6 Å². The topological polar surface area (TPSA) is 76.7 Å². The minimum atomic E-state index is -0.889. The number of fused-ring (bicyclic) bond motifs is 1. The van der Waals surface area contributed by atoms with E-state index in [1.807, 2.05) is 36.4 Å². The number of carbonyl (C=O) groups is 2. The Morgan fingerprint density at radius 1 is 0.947 bits per heavy atom. The van der Waals surface area contributed by atoms with Gasteiger partial charge >= 0.3 is 0 Å². The standard InChI is InChI=1S/C30H24F2N2O4/c1-16-27(30(36)34-22-9-8-20(31)14-21(22)32)28(18-7-10-25-26(13-18)38-15-37-25)29-23(33-16)11-19(12-24(29)35)17-5-3-2-4-6-17/h2-10,13-14,19,28,33H,11-12,15H2,1H3,(H,34,36)/t19-,28-/m1/s1. The Bertz CT molecular complexity index is 1530. The van der Waals surface area contributed by atoms with Crippen LogP contribution in [0.1, 0.15) is 42.7 Å². The summed E-state index contributed by atoms with van der Waals surface area (Å²) in [4.78, 5) is 27.4. The lowest BCUT2D eigenvalue weighted by Crippen LogP contribution is -2.37. The number of benzene rings is 3. The zero-order chi connectivity index (χ0) is 26.4. The lowest BCUT2D eigenvalue weighted by Gasteiger charge is -2.37. The second kappa shape index (κ2) is 9.45. The number of dihydropyridines is 1. The van der Waals surface area contributed by atoms with Crippen molar-refractivity contribution in [3.63, 3.8) is 0 Å². The summed E-state index contributed by atoms with van der Waals surface area (Å²) in [6.45, 7) is 1.85. The van der Waals surface area contributed by atoms with Crippen LogP contribution in [0.15, 0.2) is 89.3 Å². The van der Waals surface area contributed by atoms with Crippen LogP contribution in [0.2, 0.25) is 0 Å². The average Bonchev–Trinajstić information content (AvgIpc) is 3.38. The highest BCUT2D eigenvalue weighted by atomic mass is 19.1. The number of allylic oxidation sites excluding steroid dienone is 3. The molecule has 38 heavy (non-hydrogen) atoms. The first-order valence-electron chi connectivity index (χ1n) is 12.3. The van der Waals surface area contributed by atoms with E-state index >= 15 is 0 Å². The highest BCUT2D eigenvalue weighted by molar-refractivity contribution is 6.10. The third kappa shape index (κ3) is 4.22. The van der Waals surface area contributed by atoms with Gasteiger partial charge in [0, 0.05) is 40.9 Å². The van der Waals surface area contributed by atoms with Gasteiger partial charge in [0.25, 0.3) is 5.91 Å². The molecule has 2 N–H and O–H groups in total. The van der Waals surface area contributed by atoms with E-state index in [2.05, 4.69) is 10.6 Å². The summed E-state index contributed by atoms with van der Waals surface area (Å²) in [5.41, 5.74) is 3.70. The van der Waals surface area contributed by atoms with Crippen LogP contribution >= 0.6 is 0 Å². The minimum Gasteiger partial charge on any atom is -0.454 e. The quantitative estimate of drug-likeness (QED) is 0.468. The maximum atomic E-state index is 14.4. The van der Waals surface area contributed by atoms with E-state index in [1.165, 1.54) is 6.07 Å². The molecule has 8 heteroatoms. The molecule has 0 aromatic heterocycles. The van der Waals surface area contributed by atoms with Crippen LogP contribution in [0.4, 0.5) is 14.5 Å². The van der Waals surface area contributed by atoms with Gasteiger partial charge in [0.05, 0.1) is 5.69 Å². The second-order valence-electron chi connectivity index (χ2n) is 9.62. The van der Waals surface area contributed by atoms with Crippen molar-refractivity contribution in [2.24, 2.45) is 0 Å². The Morgan fingerprint density at radius 3 is 2.53 bits per heavy atom. The number of carbonyl (C=O) groups excluding carboxylic acids is 2. The molecule has 2 heterocycles. The Labute approximate surface area is 218 Å². The number of nitrogens with one attached hydrogen (secondary N) is 2. The van der Waals surface area contributed by atoms with E-state index < -0.39 is 23.5 Å². The van der Waals surface area contributed by atoms with Crippen molar-refractivity contribution in [3.05, 3.63) is 112 Å². The summed E-state index contributed by atoms with van der Waals surface area (Å²) in [6, 6.07) is 18.2. The van der Waals surface area contributed by atoms with Crippen molar-refractivity contribution in [1.29, 1.82) is 0 Å². The molecule has 3 aromatic carbocycles. The van der Waals surface area contributed by atoms with Crippen LogP contribution in [-0.4, -0.2) is 18.5 Å². The molecule has 0 fully saturated rings. The van der Waals surface area contributed by atoms with E-state index in [0.717, 1.165) is 17.3 Å². The van der Waals surface area contributed by atoms with Gasteiger partial charge in [0.15, 0.2) is 17.3 Å². The number of Topliss-reactive ketones (excluding diaryl/α,β-unsaturated/α-hetero) is 1. The van der Waals surface area contributed by atoms with Crippen LogP contribution in [0.25, 0.3) is 0 Å². The van der Waals surface area contributed by atoms with Crippen molar-refractivity contribution < 1.29 is 27.8 Å². The first-order chi connectivity index (χ1) is 18.4. The number of hydrogen-bond donors (Lipinski definition) is 2. The van der Waals surface area contributed by atoms with Crippen LogP contribution in [0.5, 0.6) is 11.5 Å². The van der Waals surface area contributed by atoms with E-state index in [9.17, 15) is 18.4 Å². The average molecular weight is 515 g/mol. The van der Waals surface area contributed by atoms with E-state index in [1.54, 1.807) is 19.1 Å². The number of rotatable bonds is 4. The molecule has 1 aliphatic carbocycles. The highest BCUT2D eigenvalue weighted by Gasteiger charge is 2.41. The van der Waals surface area contributed by atoms with E-state index in [4.69, 9.17) is 9.47 Å². The zero-order valence-electron chi connectivity index (χ0n) is 20.5. The van der Waals surface area contributed by atoms with Crippen molar-refractivity contribution in [1.82, 2.24) is 5.32 Å². The maximum absolute atomic E-state index is 14.4. The molecule has 6 nitrogen and oxygen atoms in total. The van der Waals surface area contributed by atoms with Gasteiger partial charge in [-0.1, -0.05) is 36.4 Å². The van der Waals surface area contributed by atoms with Crippen molar-refractivity contribution in [3.8, 4) is 11.5 Å². The summed E-state index contributed by atoms with van der Waals surface area (Å²) in [5.74, 6) is -1.90.